The van der Waals surface area contributed by atoms with Crippen LogP contribution in [-0.2, 0) is 0 Å². The maximum Gasteiger partial charge on any atom is 0.151 e. The van der Waals surface area contributed by atoms with Crippen molar-refractivity contribution in [1.82, 2.24) is 0 Å². The van der Waals surface area contributed by atoms with Crippen molar-refractivity contribution in [3.05, 3.63) is 59.7 Å². The highest BCUT2D eigenvalue weighted by Crippen LogP contribution is 2.33. The first-order valence-electron chi connectivity index (χ1n) is 4.88. The van der Waals surface area contributed by atoms with Gasteiger partial charge in [0, 0.05) is 10.5 Å². The second kappa shape index (κ2) is 5.10. The van der Waals surface area contributed by atoms with Crippen molar-refractivity contribution in [3.63, 3.8) is 0 Å². The average Bonchev–Trinajstić information content (AvgIpc) is 2.34. The van der Waals surface area contributed by atoms with E-state index in [1.54, 1.807) is 18.2 Å². The molecule has 0 heterocycles. The molecule has 2 rings (SSSR count). The zero-order valence-electron chi connectivity index (χ0n) is 8.69. The molecule has 2 aromatic carbocycles. The van der Waals surface area contributed by atoms with Crippen molar-refractivity contribution in [2.75, 3.05) is 0 Å². The zero-order chi connectivity index (χ0) is 12.3. The Morgan fingerprint density at radius 3 is 2.35 bits per heavy atom. The van der Waals surface area contributed by atoms with Gasteiger partial charge in [-0.1, -0.05) is 36.0 Å². The van der Waals surface area contributed by atoms with Crippen molar-refractivity contribution in [2.45, 2.75) is 9.79 Å². The van der Waals surface area contributed by atoms with Crippen LogP contribution < -0.4 is 0 Å². The van der Waals surface area contributed by atoms with E-state index >= 15 is 0 Å². The summed E-state index contributed by atoms with van der Waals surface area (Å²) in [5, 5.41) is 0. The van der Waals surface area contributed by atoms with E-state index in [4.69, 9.17) is 0 Å². The molecule has 0 amide bonds. The lowest BCUT2D eigenvalue weighted by atomic mass is 10.2. The summed E-state index contributed by atoms with van der Waals surface area (Å²) in [5.41, 5.74) is 0.221. The van der Waals surface area contributed by atoms with Crippen LogP contribution in [0.25, 0.3) is 0 Å². The third-order valence-corrected chi connectivity index (χ3v) is 3.36. The van der Waals surface area contributed by atoms with Gasteiger partial charge >= 0.3 is 0 Å². The highest BCUT2D eigenvalue weighted by atomic mass is 32.2. The monoisotopic (exact) mass is 250 g/mol. The molecule has 0 unspecified atom stereocenters. The lowest BCUT2D eigenvalue weighted by Gasteiger charge is -2.06. The Labute approximate surface area is 101 Å². The van der Waals surface area contributed by atoms with Crippen molar-refractivity contribution < 1.29 is 13.6 Å². The van der Waals surface area contributed by atoms with Gasteiger partial charge in [-0.05, 0) is 18.2 Å². The predicted molar refractivity (Wildman–Crippen MR) is 62.3 cm³/mol. The largest absolute Gasteiger partial charge is 0.298 e. The van der Waals surface area contributed by atoms with E-state index in [-0.39, 0.29) is 10.5 Å². The lowest BCUT2D eigenvalue weighted by Crippen LogP contribution is -1.90. The summed E-state index contributed by atoms with van der Waals surface area (Å²) in [5.74, 6) is -0.958. The Hall–Kier alpha value is -1.68. The number of carbonyl (C=O) groups is 1. The molecule has 0 saturated carbocycles. The van der Waals surface area contributed by atoms with Crippen LogP contribution in [0.5, 0.6) is 0 Å². The summed E-state index contributed by atoms with van der Waals surface area (Å²) in [6.45, 7) is 0. The summed E-state index contributed by atoms with van der Waals surface area (Å²) < 4.78 is 27.0. The Kier molecular flexibility index (Phi) is 3.54. The zero-order valence-corrected chi connectivity index (χ0v) is 9.51. The standard InChI is InChI=1S/C13H8F2OS/c14-10-5-1-2-7-12(10)17-13-9(8-16)4-3-6-11(13)15/h1-8H. The third kappa shape index (κ3) is 2.53. The molecular weight excluding hydrogens is 242 g/mol. The van der Waals surface area contributed by atoms with Crippen LogP contribution in [0.4, 0.5) is 8.78 Å². The van der Waals surface area contributed by atoms with E-state index in [9.17, 15) is 13.6 Å². The topological polar surface area (TPSA) is 17.1 Å². The molecule has 0 aliphatic rings. The molecule has 0 bridgehead atoms. The molecule has 0 radical (unpaired) electrons. The van der Waals surface area contributed by atoms with E-state index in [1.807, 2.05) is 0 Å². The molecule has 0 spiro atoms. The van der Waals surface area contributed by atoms with Gasteiger partial charge in [-0.15, -0.1) is 0 Å². The molecule has 86 valence electrons. The average molecular weight is 250 g/mol. The SMILES string of the molecule is O=Cc1cccc(F)c1Sc1ccccc1F. The first kappa shape index (κ1) is 11.8. The smallest absolute Gasteiger partial charge is 0.151 e. The van der Waals surface area contributed by atoms with Gasteiger partial charge in [0.2, 0.25) is 0 Å². The van der Waals surface area contributed by atoms with E-state index in [1.165, 1.54) is 24.3 Å². The molecular formula is C13H8F2OS. The van der Waals surface area contributed by atoms with E-state index < -0.39 is 11.6 Å². The molecule has 0 aliphatic heterocycles. The summed E-state index contributed by atoms with van der Waals surface area (Å²) >= 11 is 0.911. The summed E-state index contributed by atoms with van der Waals surface area (Å²) in [6, 6.07) is 10.2. The fraction of sp³-hybridized carbons (Fsp3) is 0. The van der Waals surface area contributed by atoms with Gasteiger partial charge in [-0.3, -0.25) is 4.79 Å². The van der Waals surface area contributed by atoms with Crippen LogP contribution >= 0.6 is 11.8 Å². The Bertz CT molecular complexity index is 555. The number of rotatable bonds is 3. The highest BCUT2D eigenvalue weighted by Gasteiger charge is 2.11. The molecule has 1 nitrogen and oxygen atoms in total. The molecule has 0 fully saturated rings. The normalized spacial score (nSPS) is 10.2. The van der Waals surface area contributed by atoms with Gasteiger partial charge in [0.15, 0.2) is 6.29 Å². The second-order valence-electron chi connectivity index (χ2n) is 3.31. The number of hydrogen-bond donors (Lipinski definition) is 0. The minimum atomic E-state index is -0.525. The molecule has 2 aromatic rings. The summed E-state index contributed by atoms with van der Waals surface area (Å²) in [7, 11) is 0. The summed E-state index contributed by atoms with van der Waals surface area (Å²) in [6.07, 6.45) is 0.562. The Morgan fingerprint density at radius 2 is 1.65 bits per heavy atom. The van der Waals surface area contributed by atoms with Gasteiger partial charge in [0.25, 0.3) is 0 Å². The van der Waals surface area contributed by atoms with Gasteiger partial charge in [0.05, 0.1) is 4.90 Å². The van der Waals surface area contributed by atoms with E-state index in [2.05, 4.69) is 0 Å². The van der Waals surface area contributed by atoms with Crippen molar-refractivity contribution in [1.29, 1.82) is 0 Å². The van der Waals surface area contributed by atoms with E-state index in [0.717, 1.165) is 11.8 Å². The highest BCUT2D eigenvalue weighted by molar-refractivity contribution is 7.99. The maximum atomic E-state index is 13.6. The van der Waals surface area contributed by atoms with Crippen LogP contribution in [0.15, 0.2) is 52.3 Å². The maximum absolute atomic E-state index is 13.6. The van der Waals surface area contributed by atoms with E-state index in [0.29, 0.717) is 11.2 Å². The first-order chi connectivity index (χ1) is 8.22. The van der Waals surface area contributed by atoms with Gasteiger partial charge in [0.1, 0.15) is 11.6 Å². The number of halogens is 2. The first-order valence-corrected chi connectivity index (χ1v) is 5.70. The Balaban J connectivity index is 2.43. The van der Waals surface area contributed by atoms with Crippen LogP contribution in [0.3, 0.4) is 0 Å². The fourth-order valence-electron chi connectivity index (χ4n) is 1.36. The molecule has 0 aliphatic carbocycles. The molecule has 0 N–H and O–H groups in total. The number of hydrogen-bond acceptors (Lipinski definition) is 2. The fourth-order valence-corrected chi connectivity index (χ4v) is 2.30. The quantitative estimate of drug-likeness (QED) is 0.768. The predicted octanol–water partition coefficient (Wildman–Crippen LogP) is 3.93. The number of carbonyl (C=O) groups excluding carboxylic acids is 1. The van der Waals surface area contributed by atoms with Crippen molar-refractivity contribution >= 4 is 18.0 Å². The molecule has 0 aromatic heterocycles. The van der Waals surface area contributed by atoms with Crippen LogP contribution in [0, 0.1) is 11.6 Å². The number of aldehydes is 1. The van der Waals surface area contributed by atoms with Crippen molar-refractivity contribution in [3.8, 4) is 0 Å². The molecule has 4 heteroatoms. The lowest BCUT2D eigenvalue weighted by molar-refractivity contribution is 0.112. The number of benzene rings is 2. The van der Waals surface area contributed by atoms with Crippen LogP contribution in [0.1, 0.15) is 10.4 Å². The van der Waals surface area contributed by atoms with Crippen molar-refractivity contribution in [2.24, 2.45) is 0 Å². The molecule has 0 atom stereocenters. The Morgan fingerprint density at radius 1 is 0.941 bits per heavy atom. The third-order valence-electron chi connectivity index (χ3n) is 2.17. The minimum Gasteiger partial charge on any atom is -0.298 e. The van der Waals surface area contributed by atoms with Gasteiger partial charge in [-0.2, -0.15) is 0 Å². The minimum absolute atomic E-state index is 0.146. The van der Waals surface area contributed by atoms with Gasteiger partial charge < -0.3 is 0 Å². The summed E-state index contributed by atoms with van der Waals surface area (Å²) in [4.78, 5) is 11.2. The van der Waals surface area contributed by atoms with Crippen LogP contribution in [-0.4, -0.2) is 6.29 Å². The van der Waals surface area contributed by atoms with Gasteiger partial charge in [-0.25, -0.2) is 8.78 Å². The van der Waals surface area contributed by atoms with Crippen LogP contribution in [0.2, 0.25) is 0 Å². The molecule has 0 saturated heterocycles. The molecule has 17 heavy (non-hydrogen) atoms. The second-order valence-corrected chi connectivity index (χ2v) is 4.36.